The summed E-state index contributed by atoms with van der Waals surface area (Å²) in [6.45, 7) is 2.22. The van der Waals surface area contributed by atoms with E-state index in [2.05, 4.69) is 6.92 Å². The Hall–Kier alpha value is -2.16. The second kappa shape index (κ2) is 12.5. The minimum Gasteiger partial charge on any atom is -0.287 e. The number of carbonyl (C=O) groups excluding carboxylic acids is 1. The maximum Gasteiger partial charge on any atom is 0.460 e. The summed E-state index contributed by atoms with van der Waals surface area (Å²) in [4.78, 5) is 12.1. The highest BCUT2D eigenvalue weighted by Crippen LogP contribution is 2.62. The molecule has 16 heteroatoms. The van der Waals surface area contributed by atoms with Crippen molar-refractivity contribution in [2.75, 3.05) is 0 Å². The van der Waals surface area contributed by atoms with Gasteiger partial charge in [0.1, 0.15) is 0 Å². The van der Waals surface area contributed by atoms with E-state index < -0.39 is 53.1 Å². The largest absolute Gasteiger partial charge is 0.460 e. The molecule has 0 unspecified atom stereocenters. The summed E-state index contributed by atoms with van der Waals surface area (Å²) in [6.07, 6.45) is 2.16. The molecule has 0 radical (unpaired) electrons. The summed E-state index contributed by atoms with van der Waals surface area (Å²) in [6, 6.07) is 3.03. The lowest BCUT2D eigenvalue weighted by atomic mass is 9.74. The number of carbonyl (C=O) groups is 1. The van der Waals surface area contributed by atoms with Crippen LogP contribution in [-0.2, 0) is 0 Å². The third-order valence-corrected chi connectivity index (χ3v) is 9.22. The normalized spacial score (nSPS) is 24.9. The highest BCUT2D eigenvalue weighted by Gasteiger charge is 2.94. The van der Waals surface area contributed by atoms with Gasteiger partial charge in [0, 0.05) is 5.56 Å². The van der Waals surface area contributed by atoms with E-state index in [1.54, 1.807) is 0 Å². The van der Waals surface area contributed by atoms with Crippen molar-refractivity contribution in [3.05, 3.63) is 35.4 Å². The lowest BCUT2D eigenvalue weighted by Crippen LogP contribution is -2.73. The summed E-state index contributed by atoms with van der Waals surface area (Å²) in [5.74, 6) is -49.5. The Labute approximate surface area is 248 Å². The fourth-order valence-electron chi connectivity index (χ4n) is 6.07. The number of Topliss-reactive ketones (excluding diaryl/α,β-unsaturated/α-hetero) is 1. The van der Waals surface area contributed by atoms with Crippen LogP contribution in [-0.4, -0.2) is 47.5 Å². The Morgan fingerprint density at radius 1 is 0.556 bits per heavy atom. The van der Waals surface area contributed by atoms with E-state index in [1.165, 1.54) is 25.7 Å². The maximum atomic E-state index is 14.4. The predicted octanol–water partition coefficient (Wildman–Crippen LogP) is 11.1. The zero-order valence-electron chi connectivity index (χ0n) is 23.8. The van der Waals surface area contributed by atoms with Gasteiger partial charge in [-0.1, -0.05) is 69.7 Å². The number of ketones is 1. The van der Waals surface area contributed by atoms with Crippen LogP contribution in [0.1, 0.15) is 93.0 Å². The molecule has 0 aliphatic heterocycles. The summed E-state index contributed by atoms with van der Waals surface area (Å²) in [5.41, 5.74) is -1.00. The molecule has 0 spiro atoms. The first-order valence-electron chi connectivity index (χ1n) is 14.3. The Balaban J connectivity index is 1.71. The Morgan fingerprint density at radius 3 is 1.36 bits per heavy atom. The molecule has 2 aliphatic rings. The highest BCUT2D eigenvalue weighted by atomic mass is 19.4. The van der Waals surface area contributed by atoms with Crippen molar-refractivity contribution in [3.63, 3.8) is 0 Å². The van der Waals surface area contributed by atoms with Crippen LogP contribution < -0.4 is 0 Å². The number of halogens is 15. The molecule has 0 heterocycles. The Morgan fingerprint density at radius 2 is 0.933 bits per heavy atom. The van der Waals surface area contributed by atoms with Crippen LogP contribution in [0.5, 0.6) is 0 Å². The van der Waals surface area contributed by atoms with E-state index in [1.807, 2.05) is 0 Å². The molecule has 258 valence electrons. The summed E-state index contributed by atoms with van der Waals surface area (Å²) in [7, 11) is 0. The van der Waals surface area contributed by atoms with Crippen LogP contribution in [0.25, 0.3) is 0 Å². The molecule has 1 nitrogen and oxygen atoms in total. The van der Waals surface area contributed by atoms with Gasteiger partial charge in [-0.3, -0.25) is 4.79 Å². The average Bonchev–Trinajstić information content (AvgIpc) is 2.95. The lowest BCUT2D eigenvalue weighted by Gasteiger charge is -2.41. The van der Waals surface area contributed by atoms with E-state index >= 15 is 0 Å². The minimum atomic E-state index is -8.43. The van der Waals surface area contributed by atoms with Gasteiger partial charge in [-0.25, -0.2) is 0 Å². The topological polar surface area (TPSA) is 17.1 Å². The van der Waals surface area contributed by atoms with Crippen molar-refractivity contribution in [1.29, 1.82) is 0 Å². The van der Waals surface area contributed by atoms with Crippen molar-refractivity contribution < 1.29 is 70.7 Å². The number of rotatable bonds is 11. The molecule has 2 fully saturated rings. The van der Waals surface area contributed by atoms with Gasteiger partial charge in [0.15, 0.2) is 0 Å². The fraction of sp³-hybridized carbons (Fsp3) is 0.759. The molecule has 0 N–H and O–H groups in total. The smallest absolute Gasteiger partial charge is 0.287 e. The second-order valence-electron chi connectivity index (χ2n) is 12.3. The van der Waals surface area contributed by atoms with E-state index in [4.69, 9.17) is 0 Å². The molecule has 0 amide bonds. The van der Waals surface area contributed by atoms with Gasteiger partial charge in [0.05, 0.1) is 0 Å². The SMILES string of the molecule is CC1CCC(CCC2CCC(c3ccc(C(=O)C(F)(F)C(F)(F)C(F)(F)C(F)(F)C(F)(F)C(F)(F)C(F)(F)F)cc3)CC2)CC1. The van der Waals surface area contributed by atoms with Gasteiger partial charge in [0.2, 0.25) is 5.78 Å². The molecule has 0 atom stereocenters. The van der Waals surface area contributed by atoms with Gasteiger partial charge in [-0.2, -0.15) is 65.9 Å². The third-order valence-electron chi connectivity index (χ3n) is 9.22. The summed E-state index contributed by atoms with van der Waals surface area (Å²) < 4.78 is 202. The van der Waals surface area contributed by atoms with Crippen molar-refractivity contribution in [3.8, 4) is 0 Å². The summed E-state index contributed by atoms with van der Waals surface area (Å²) in [5, 5.41) is 0. The molecule has 3 rings (SSSR count). The summed E-state index contributed by atoms with van der Waals surface area (Å²) >= 11 is 0. The van der Waals surface area contributed by atoms with Crippen LogP contribution in [0, 0.1) is 17.8 Å². The Kier molecular flexibility index (Phi) is 10.3. The van der Waals surface area contributed by atoms with Crippen LogP contribution in [0.4, 0.5) is 65.9 Å². The first kappa shape index (κ1) is 37.3. The first-order chi connectivity index (χ1) is 20.3. The molecule has 0 saturated heterocycles. The van der Waals surface area contributed by atoms with E-state index in [0.29, 0.717) is 42.4 Å². The minimum absolute atomic E-state index is 0.150. The molecular weight excluding hydrogens is 649 g/mol. The van der Waals surface area contributed by atoms with E-state index in [9.17, 15) is 70.7 Å². The standard InChI is InChI=1S/C29H31F15O/c1-16-2-4-17(5-3-16)6-7-18-8-10-19(11-9-18)20-12-14-21(15-13-20)22(45)23(30,31)24(32,33)25(34,35)26(36,37)27(38,39)28(40,41)29(42,43)44/h12-19H,2-11H2,1H3. The molecule has 2 saturated carbocycles. The first-order valence-corrected chi connectivity index (χ1v) is 14.3. The number of alkyl halides is 15. The number of hydrogen-bond donors (Lipinski definition) is 0. The predicted molar refractivity (Wildman–Crippen MR) is 132 cm³/mol. The maximum absolute atomic E-state index is 14.4. The van der Waals surface area contributed by atoms with E-state index in [0.717, 1.165) is 43.7 Å². The zero-order chi connectivity index (χ0) is 34.4. The van der Waals surface area contributed by atoms with Crippen molar-refractivity contribution in [2.24, 2.45) is 17.8 Å². The molecule has 0 bridgehead atoms. The van der Waals surface area contributed by atoms with Gasteiger partial charge in [0.25, 0.3) is 0 Å². The fourth-order valence-corrected chi connectivity index (χ4v) is 6.07. The Bertz CT molecular complexity index is 1160. The molecule has 1 aromatic carbocycles. The third kappa shape index (κ3) is 6.53. The molecule has 1 aromatic rings. The van der Waals surface area contributed by atoms with Crippen LogP contribution in [0.15, 0.2) is 24.3 Å². The van der Waals surface area contributed by atoms with Gasteiger partial charge >= 0.3 is 41.7 Å². The molecular formula is C29H31F15O. The number of benzene rings is 1. The van der Waals surface area contributed by atoms with Crippen LogP contribution in [0.3, 0.4) is 0 Å². The quantitative estimate of drug-likeness (QED) is 0.168. The molecule has 45 heavy (non-hydrogen) atoms. The van der Waals surface area contributed by atoms with Crippen molar-refractivity contribution in [2.45, 2.75) is 119 Å². The highest BCUT2D eigenvalue weighted by molar-refractivity contribution is 6.02. The number of hydrogen-bond acceptors (Lipinski definition) is 1. The zero-order valence-corrected chi connectivity index (χ0v) is 23.8. The monoisotopic (exact) mass is 680 g/mol. The van der Waals surface area contributed by atoms with Crippen molar-refractivity contribution in [1.82, 2.24) is 0 Å². The van der Waals surface area contributed by atoms with Crippen molar-refractivity contribution >= 4 is 5.78 Å². The molecule has 0 aromatic heterocycles. The average molecular weight is 681 g/mol. The van der Waals surface area contributed by atoms with Gasteiger partial charge in [-0.05, 0) is 54.9 Å². The van der Waals surface area contributed by atoms with Gasteiger partial charge in [-0.15, -0.1) is 0 Å². The molecule has 2 aliphatic carbocycles. The lowest BCUT2D eigenvalue weighted by molar-refractivity contribution is -0.449. The van der Waals surface area contributed by atoms with Crippen LogP contribution >= 0.6 is 0 Å². The second-order valence-corrected chi connectivity index (χ2v) is 12.3. The van der Waals surface area contributed by atoms with E-state index in [-0.39, 0.29) is 5.92 Å². The van der Waals surface area contributed by atoms with Crippen LogP contribution in [0.2, 0.25) is 0 Å². The van der Waals surface area contributed by atoms with Gasteiger partial charge < -0.3 is 0 Å².